The summed E-state index contributed by atoms with van der Waals surface area (Å²) in [4.78, 5) is 22.5. The van der Waals surface area contributed by atoms with E-state index < -0.39 is 18.1 Å². The molecule has 1 unspecified atom stereocenters. The molecule has 0 aromatic rings. The maximum absolute atomic E-state index is 11.0. The van der Waals surface area contributed by atoms with Crippen LogP contribution in [0.3, 0.4) is 0 Å². The highest BCUT2D eigenvalue weighted by atomic mass is 16.4. The molecular formula is C7H14N2O4. The fourth-order valence-electron chi connectivity index (χ4n) is 0.550. The number of carboxylic acid groups (broad SMARTS) is 1. The summed E-state index contributed by atoms with van der Waals surface area (Å²) >= 11 is 0. The van der Waals surface area contributed by atoms with Crippen molar-refractivity contribution in [3.63, 3.8) is 0 Å². The lowest BCUT2D eigenvalue weighted by Gasteiger charge is -2.16. The summed E-state index contributed by atoms with van der Waals surface area (Å²) in [5, 5.41) is 19.3. The monoisotopic (exact) mass is 190 g/mol. The number of carbonyl (C=O) groups is 2. The van der Waals surface area contributed by atoms with Gasteiger partial charge in [-0.25, -0.2) is 9.59 Å². The van der Waals surface area contributed by atoms with Crippen LogP contribution in [0, 0.1) is 0 Å². The fraction of sp³-hybridized carbons (Fsp3) is 0.714. The van der Waals surface area contributed by atoms with Gasteiger partial charge in [-0.05, 0) is 6.92 Å². The quantitative estimate of drug-likeness (QED) is 0.535. The van der Waals surface area contributed by atoms with Crippen molar-refractivity contribution in [3.05, 3.63) is 0 Å². The van der Waals surface area contributed by atoms with Gasteiger partial charge in [-0.15, -0.1) is 0 Å². The van der Waals surface area contributed by atoms with E-state index in [-0.39, 0.29) is 6.54 Å². The Morgan fingerprint density at radius 2 is 2.08 bits per heavy atom. The van der Waals surface area contributed by atoms with Crippen LogP contribution in [0.15, 0.2) is 0 Å². The molecule has 6 nitrogen and oxygen atoms in total. The van der Waals surface area contributed by atoms with Gasteiger partial charge in [0.25, 0.3) is 0 Å². The third kappa shape index (κ3) is 4.32. The summed E-state index contributed by atoms with van der Waals surface area (Å²) in [6.45, 7) is 2.03. The molecule has 0 saturated carbocycles. The first kappa shape index (κ1) is 11.7. The molecule has 0 aliphatic heterocycles. The number of carbonyl (C=O) groups excluding carboxylic acids is 1. The van der Waals surface area contributed by atoms with E-state index in [2.05, 4.69) is 5.32 Å². The summed E-state index contributed by atoms with van der Waals surface area (Å²) < 4.78 is 0. The van der Waals surface area contributed by atoms with Crippen LogP contribution in [0.5, 0.6) is 0 Å². The number of nitrogens with one attached hydrogen (secondary N) is 1. The average Bonchev–Trinajstić information content (AvgIpc) is 2.11. The fourth-order valence-corrected chi connectivity index (χ4v) is 0.550. The van der Waals surface area contributed by atoms with Crippen LogP contribution >= 0.6 is 0 Å². The highest BCUT2D eigenvalue weighted by Crippen LogP contribution is 1.84. The summed E-state index contributed by atoms with van der Waals surface area (Å²) in [6, 6.07) is -0.400. The van der Waals surface area contributed by atoms with Crippen LogP contribution in [0.25, 0.3) is 0 Å². The van der Waals surface area contributed by atoms with Crippen molar-refractivity contribution >= 4 is 12.0 Å². The SMILES string of the molecule is CCN(C)C(=O)NCC(O)C(=O)O. The van der Waals surface area contributed by atoms with E-state index in [4.69, 9.17) is 10.2 Å². The van der Waals surface area contributed by atoms with Crippen LogP contribution in [0.1, 0.15) is 6.92 Å². The molecule has 0 heterocycles. The van der Waals surface area contributed by atoms with Crippen molar-refractivity contribution < 1.29 is 19.8 Å². The topological polar surface area (TPSA) is 89.9 Å². The molecule has 0 bridgehead atoms. The Kier molecular flexibility index (Phi) is 4.83. The summed E-state index contributed by atoms with van der Waals surface area (Å²) in [7, 11) is 1.57. The Balaban J connectivity index is 3.76. The lowest BCUT2D eigenvalue weighted by molar-refractivity contribution is -0.146. The van der Waals surface area contributed by atoms with Crippen LogP contribution in [0.2, 0.25) is 0 Å². The van der Waals surface area contributed by atoms with Gasteiger partial charge >= 0.3 is 12.0 Å². The Bertz CT molecular complexity index is 195. The van der Waals surface area contributed by atoms with E-state index in [0.29, 0.717) is 6.54 Å². The number of hydrogen-bond donors (Lipinski definition) is 3. The van der Waals surface area contributed by atoms with Crippen LogP contribution in [0.4, 0.5) is 4.79 Å². The van der Waals surface area contributed by atoms with Gasteiger partial charge in [0.1, 0.15) is 0 Å². The van der Waals surface area contributed by atoms with Gasteiger partial charge in [0.2, 0.25) is 0 Å². The Labute approximate surface area is 76.2 Å². The Morgan fingerprint density at radius 1 is 1.54 bits per heavy atom. The van der Waals surface area contributed by atoms with Crippen LogP contribution in [-0.2, 0) is 4.79 Å². The number of carboxylic acids is 1. The number of aliphatic hydroxyl groups is 1. The Hall–Kier alpha value is -1.30. The number of urea groups is 1. The maximum atomic E-state index is 11.0. The lowest BCUT2D eigenvalue weighted by Crippen LogP contribution is -2.42. The highest BCUT2D eigenvalue weighted by Gasteiger charge is 2.14. The molecule has 0 aliphatic carbocycles. The number of aliphatic hydroxyl groups excluding tert-OH is 1. The van der Waals surface area contributed by atoms with Gasteiger partial charge < -0.3 is 20.4 Å². The first-order valence-electron chi connectivity index (χ1n) is 3.88. The van der Waals surface area contributed by atoms with Crippen molar-refractivity contribution in [2.24, 2.45) is 0 Å². The van der Waals surface area contributed by atoms with Gasteiger partial charge in [-0.1, -0.05) is 0 Å². The number of hydrogen-bond acceptors (Lipinski definition) is 3. The molecule has 0 aromatic carbocycles. The van der Waals surface area contributed by atoms with E-state index >= 15 is 0 Å². The van der Waals surface area contributed by atoms with E-state index in [0.717, 1.165) is 0 Å². The molecule has 3 N–H and O–H groups in total. The largest absolute Gasteiger partial charge is 0.479 e. The Morgan fingerprint density at radius 3 is 2.46 bits per heavy atom. The zero-order chi connectivity index (χ0) is 10.4. The highest BCUT2D eigenvalue weighted by molar-refractivity contribution is 5.76. The van der Waals surface area contributed by atoms with Crippen molar-refractivity contribution in [2.75, 3.05) is 20.1 Å². The third-order valence-electron chi connectivity index (χ3n) is 1.55. The molecule has 0 aliphatic rings. The molecule has 0 radical (unpaired) electrons. The first-order valence-corrected chi connectivity index (χ1v) is 3.88. The molecule has 2 amide bonds. The second-order valence-electron chi connectivity index (χ2n) is 2.55. The molecule has 1 atom stereocenters. The minimum absolute atomic E-state index is 0.279. The predicted octanol–water partition coefficient (Wildman–Crippen LogP) is -0.907. The van der Waals surface area contributed by atoms with E-state index in [1.807, 2.05) is 0 Å². The van der Waals surface area contributed by atoms with E-state index in [9.17, 15) is 9.59 Å². The average molecular weight is 190 g/mol. The second kappa shape index (κ2) is 5.36. The zero-order valence-corrected chi connectivity index (χ0v) is 7.65. The number of rotatable bonds is 4. The smallest absolute Gasteiger partial charge is 0.334 e. The molecule has 0 rings (SSSR count). The van der Waals surface area contributed by atoms with Gasteiger partial charge in [0.05, 0.1) is 6.54 Å². The van der Waals surface area contributed by atoms with Gasteiger partial charge in [-0.3, -0.25) is 0 Å². The molecule has 0 saturated heterocycles. The number of amides is 2. The second-order valence-corrected chi connectivity index (χ2v) is 2.55. The van der Waals surface area contributed by atoms with Crippen molar-refractivity contribution in [1.82, 2.24) is 10.2 Å². The standard InChI is InChI=1S/C7H14N2O4/c1-3-9(2)7(13)8-4-5(10)6(11)12/h5,10H,3-4H2,1-2H3,(H,8,13)(H,11,12). The number of nitrogens with zero attached hydrogens (tertiary/aromatic N) is 1. The first-order chi connectivity index (χ1) is 5.99. The normalized spacial score (nSPS) is 11.9. The molecule has 0 aromatic heterocycles. The van der Waals surface area contributed by atoms with Crippen molar-refractivity contribution in [1.29, 1.82) is 0 Å². The molecule has 76 valence electrons. The van der Waals surface area contributed by atoms with Crippen molar-refractivity contribution in [2.45, 2.75) is 13.0 Å². The molecular weight excluding hydrogens is 176 g/mol. The predicted molar refractivity (Wildman–Crippen MR) is 45.3 cm³/mol. The van der Waals surface area contributed by atoms with E-state index in [1.165, 1.54) is 4.90 Å². The van der Waals surface area contributed by atoms with Crippen LogP contribution in [-0.4, -0.2) is 53.4 Å². The summed E-state index contributed by atoms with van der Waals surface area (Å²) in [5.74, 6) is -1.35. The van der Waals surface area contributed by atoms with E-state index in [1.54, 1.807) is 14.0 Å². The van der Waals surface area contributed by atoms with Gasteiger partial charge in [-0.2, -0.15) is 0 Å². The zero-order valence-electron chi connectivity index (χ0n) is 7.65. The van der Waals surface area contributed by atoms with Gasteiger partial charge in [0.15, 0.2) is 6.10 Å². The molecule has 13 heavy (non-hydrogen) atoms. The minimum atomic E-state index is -1.55. The summed E-state index contributed by atoms with van der Waals surface area (Å²) in [6.07, 6.45) is -1.55. The summed E-state index contributed by atoms with van der Waals surface area (Å²) in [5.41, 5.74) is 0. The third-order valence-corrected chi connectivity index (χ3v) is 1.55. The number of aliphatic carboxylic acids is 1. The maximum Gasteiger partial charge on any atom is 0.334 e. The minimum Gasteiger partial charge on any atom is -0.479 e. The van der Waals surface area contributed by atoms with Gasteiger partial charge in [0, 0.05) is 13.6 Å². The molecule has 0 spiro atoms. The molecule has 0 fully saturated rings. The van der Waals surface area contributed by atoms with Crippen LogP contribution < -0.4 is 5.32 Å². The van der Waals surface area contributed by atoms with Crippen molar-refractivity contribution in [3.8, 4) is 0 Å². The molecule has 6 heteroatoms. The lowest BCUT2D eigenvalue weighted by atomic mass is 10.3.